The summed E-state index contributed by atoms with van der Waals surface area (Å²) in [5.41, 5.74) is 1.56. The zero-order valence-electron chi connectivity index (χ0n) is 15.8. The first kappa shape index (κ1) is 19.8. The Morgan fingerprint density at radius 1 is 1.10 bits per heavy atom. The maximum atomic E-state index is 13.7. The van der Waals surface area contributed by atoms with E-state index < -0.39 is 0 Å². The summed E-state index contributed by atoms with van der Waals surface area (Å²) >= 11 is 3.14. The predicted molar refractivity (Wildman–Crippen MR) is 117 cm³/mol. The Labute approximate surface area is 180 Å². The van der Waals surface area contributed by atoms with Gasteiger partial charge in [-0.1, -0.05) is 6.07 Å². The van der Waals surface area contributed by atoms with Gasteiger partial charge in [-0.25, -0.2) is 9.37 Å². The summed E-state index contributed by atoms with van der Waals surface area (Å²) in [6.07, 6.45) is 1.52. The molecule has 1 amide bonds. The van der Waals surface area contributed by atoms with Gasteiger partial charge in [0.05, 0.1) is 9.99 Å². The molecule has 6 nitrogen and oxygen atoms in total. The van der Waals surface area contributed by atoms with Crippen molar-refractivity contribution in [3.05, 3.63) is 82.8 Å². The molecule has 2 N–H and O–H groups in total. The molecule has 0 bridgehead atoms. The third kappa shape index (κ3) is 4.23. The van der Waals surface area contributed by atoms with Crippen LogP contribution in [-0.2, 0) is 0 Å². The van der Waals surface area contributed by atoms with Gasteiger partial charge in [0.25, 0.3) is 5.91 Å². The fourth-order valence-corrected chi connectivity index (χ4v) is 3.11. The molecule has 0 aliphatic heterocycles. The van der Waals surface area contributed by atoms with Gasteiger partial charge in [0.15, 0.2) is 0 Å². The van der Waals surface area contributed by atoms with E-state index in [9.17, 15) is 9.18 Å². The molecule has 0 unspecified atom stereocenters. The molecular formula is C22H16BrFN4O2. The summed E-state index contributed by atoms with van der Waals surface area (Å²) in [5, 5.41) is 6.42. The Kier molecular flexibility index (Phi) is 5.58. The number of aromatic nitrogens is 2. The number of pyridine rings is 2. The lowest BCUT2D eigenvalue weighted by Gasteiger charge is -2.11. The molecule has 150 valence electrons. The highest BCUT2D eigenvalue weighted by atomic mass is 79.9. The fraction of sp³-hybridized carbons (Fsp3) is 0.0455. The minimum atomic E-state index is -0.357. The highest BCUT2D eigenvalue weighted by Crippen LogP contribution is 2.31. The number of rotatable bonds is 5. The highest BCUT2D eigenvalue weighted by Gasteiger charge is 2.10. The molecule has 2 aromatic carbocycles. The van der Waals surface area contributed by atoms with Gasteiger partial charge >= 0.3 is 0 Å². The quantitative estimate of drug-likeness (QED) is 0.410. The summed E-state index contributed by atoms with van der Waals surface area (Å²) < 4.78 is 20.1. The van der Waals surface area contributed by atoms with Gasteiger partial charge in [-0.05, 0) is 64.5 Å². The maximum Gasteiger partial charge on any atom is 0.269 e. The van der Waals surface area contributed by atoms with Crippen molar-refractivity contribution in [2.75, 3.05) is 12.4 Å². The van der Waals surface area contributed by atoms with E-state index in [1.165, 1.54) is 12.3 Å². The molecule has 0 aliphatic carbocycles. The number of carbonyl (C=O) groups is 1. The van der Waals surface area contributed by atoms with E-state index in [2.05, 4.69) is 36.5 Å². The zero-order chi connectivity index (χ0) is 21.1. The number of nitrogens with one attached hydrogen (secondary N) is 2. The molecular weight excluding hydrogens is 451 g/mol. The van der Waals surface area contributed by atoms with Gasteiger partial charge in [-0.15, -0.1) is 0 Å². The van der Waals surface area contributed by atoms with Crippen LogP contribution in [0, 0.1) is 5.82 Å². The second kappa shape index (κ2) is 8.46. The molecule has 2 aromatic heterocycles. The maximum absolute atomic E-state index is 13.7. The number of carbonyl (C=O) groups excluding carboxylic acids is 1. The van der Waals surface area contributed by atoms with E-state index in [4.69, 9.17) is 4.74 Å². The zero-order valence-corrected chi connectivity index (χ0v) is 17.4. The topological polar surface area (TPSA) is 76.1 Å². The van der Waals surface area contributed by atoms with Gasteiger partial charge < -0.3 is 15.4 Å². The van der Waals surface area contributed by atoms with Crippen LogP contribution in [0.3, 0.4) is 0 Å². The average molecular weight is 467 g/mol. The molecule has 0 radical (unpaired) electrons. The van der Waals surface area contributed by atoms with Crippen LogP contribution in [0.4, 0.5) is 15.9 Å². The van der Waals surface area contributed by atoms with Gasteiger partial charge in [0.2, 0.25) is 0 Å². The molecule has 0 fully saturated rings. The largest absolute Gasteiger partial charge is 0.457 e. The van der Waals surface area contributed by atoms with Crippen molar-refractivity contribution >= 4 is 44.2 Å². The number of anilines is 2. The molecule has 0 atom stereocenters. The van der Waals surface area contributed by atoms with Crippen LogP contribution in [-0.4, -0.2) is 22.9 Å². The van der Waals surface area contributed by atoms with Crippen molar-refractivity contribution in [1.29, 1.82) is 0 Å². The molecule has 0 spiro atoms. The van der Waals surface area contributed by atoms with Crippen molar-refractivity contribution in [3.8, 4) is 11.5 Å². The number of halogens is 2. The van der Waals surface area contributed by atoms with Crippen molar-refractivity contribution in [2.24, 2.45) is 0 Å². The third-order valence-electron chi connectivity index (χ3n) is 4.30. The predicted octanol–water partition coefficient (Wildman–Crippen LogP) is 5.43. The number of nitrogens with zero attached hydrogens (tertiary/aromatic N) is 2. The van der Waals surface area contributed by atoms with Gasteiger partial charge in [-0.2, -0.15) is 0 Å². The van der Waals surface area contributed by atoms with Crippen LogP contribution >= 0.6 is 15.9 Å². The van der Waals surface area contributed by atoms with Crippen molar-refractivity contribution in [3.63, 3.8) is 0 Å². The summed E-state index contributed by atoms with van der Waals surface area (Å²) in [7, 11) is 1.54. The highest BCUT2D eigenvalue weighted by molar-refractivity contribution is 9.10. The summed E-state index contributed by atoms with van der Waals surface area (Å²) in [4.78, 5) is 20.4. The van der Waals surface area contributed by atoms with Crippen molar-refractivity contribution in [2.45, 2.75) is 0 Å². The molecule has 4 aromatic rings. The second-order valence-corrected chi connectivity index (χ2v) is 7.19. The number of ether oxygens (including phenoxy) is 1. The molecule has 0 saturated heterocycles. The van der Waals surface area contributed by atoms with Crippen LogP contribution in [0.2, 0.25) is 0 Å². The van der Waals surface area contributed by atoms with E-state index in [0.29, 0.717) is 33.0 Å². The SMILES string of the molecule is CNC(=O)c1cc(Oc2cccc3nc(Nc4ccc(Br)c(F)c4)ccc23)ccn1. The summed E-state index contributed by atoms with van der Waals surface area (Å²) in [5.74, 6) is 1.01. The number of amides is 1. The number of hydrogen-bond acceptors (Lipinski definition) is 5. The number of fused-ring (bicyclic) bond motifs is 1. The normalized spacial score (nSPS) is 10.6. The Morgan fingerprint density at radius 3 is 2.77 bits per heavy atom. The third-order valence-corrected chi connectivity index (χ3v) is 4.95. The van der Waals surface area contributed by atoms with Crippen LogP contribution in [0.25, 0.3) is 10.9 Å². The second-order valence-electron chi connectivity index (χ2n) is 6.33. The Hall–Kier alpha value is -3.52. The fourth-order valence-electron chi connectivity index (χ4n) is 2.86. The molecule has 30 heavy (non-hydrogen) atoms. The lowest BCUT2D eigenvalue weighted by molar-refractivity contribution is 0.0958. The first-order valence-electron chi connectivity index (χ1n) is 9.01. The van der Waals surface area contributed by atoms with E-state index in [1.807, 2.05) is 24.3 Å². The van der Waals surface area contributed by atoms with E-state index in [-0.39, 0.29) is 17.4 Å². The van der Waals surface area contributed by atoms with Crippen LogP contribution in [0.5, 0.6) is 11.5 Å². The Morgan fingerprint density at radius 2 is 1.97 bits per heavy atom. The van der Waals surface area contributed by atoms with Gasteiger partial charge in [0.1, 0.15) is 28.8 Å². The van der Waals surface area contributed by atoms with Gasteiger partial charge in [-0.3, -0.25) is 9.78 Å². The first-order valence-corrected chi connectivity index (χ1v) is 9.80. The molecule has 2 heterocycles. The van der Waals surface area contributed by atoms with E-state index in [0.717, 1.165) is 5.39 Å². The molecule has 8 heteroatoms. The number of benzene rings is 2. The van der Waals surface area contributed by atoms with Crippen molar-refractivity contribution < 1.29 is 13.9 Å². The smallest absolute Gasteiger partial charge is 0.269 e. The lowest BCUT2D eigenvalue weighted by atomic mass is 10.2. The average Bonchev–Trinajstić information content (AvgIpc) is 2.76. The minimum Gasteiger partial charge on any atom is -0.457 e. The summed E-state index contributed by atoms with van der Waals surface area (Å²) in [6.45, 7) is 0. The molecule has 4 rings (SSSR count). The molecule has 0 saturated carbocycles. The van der Waals surface area contributed by atoms with Crippen LogP contribution < -0.4 is 15.4 Å². The first-order chi connectivity index (χ1) is 14.5. The Bertz CT molecular complexity index is 1250. The monoisotopic (exact) mass is 466 g/mol. The minimum absolute atomic E-state index is 0.265. The Balaban J connectivity index is 1.61. The van der Waals surface area contributed by atoms with Crippen molar-refractivity contribution in [1.82, 2.24) is 15.3 Å². The molecule has 0 aliphatic rings. The van der Waals surface area contributed by atoms with Gasteiger partial charge in [0, 0.05) is 30.4 Å². The number of hydrogen-bond donors (Lipinski definition) is 2. The van der Waals surface area contributed by atoms with E-state index >= 15 is 0 Å². The lowest BCUT2D eigenvalue weighted by Crippen LogP contribution is -2.18. The standard InChI is InChI=1S/C22H16BrFN4O2/c1-25-22(29)19-12-14(9-10-26-19)30-20-4-2-3-18-15(20)6-8-21(28-18)27-13-5-7-16(23)17(24)11-13/h2-12H,1H3,(H,25,29)(H,27,28). The van der Waals surface area contributed by atoms with Crippen LogP contribution in [0.1, 0.15) is 10.5 Å². The van der Waals surface area contributed by atoms with Crippen LogP contribution in [0.15, 0.2) is 71.3 Å². The van der Waals surface area contributed by atoms with E-state index in [1.54, 1.807) is 37.4 Å². The summed E-state index contributed by atoms with van der Waals surface area (Å²) in [6, 6.07) is 17.2.